The van der Waals surface area contributed by atoms with E-state index in [0.717, 1.165) is 22.3 Å². The fourth-order valence-corrected chi connectivity index (χ4v) is 3.57. The number of para-hydroxylation sites is 1. The maximum atomic E-state index is 12.8. The fourth-order valence-electron chi connectivity index (χ4n) is 3.57. The number of benzene rings is 3. The summed E-state index contributed by atoms with van der Waals surface area (Å²) in [6.07, 6.45) is 2.00. The minimum atomic E-state index is -0.360. The van der Waals surface area contributed by atoms with Crippen LogP contribution in [0.5, 0.6) is 5.75 Å². The second-order valence-electron chi connectivity index (χ2n) is 6.52. The van der Waals surface area contributed by atoms with Crippen LogP contribution in [0, 0.1) is 0 Å². The number of ether oxygens (including phenoxy) is 1. The molecule has 0 radical (unpaired) electrons. The van der Waals surface area contributed by atoms with Gasteiger partial charge in [-0.1, -0.05) is 72.8 Å². The number of rotatable bonds is 2. The van der Waals surface area contributed by atoms with Crippen LogP contribution in [-0.4, -0.2) is 0 Å². The van der Waals surface area contributed by atoms with E-state index in [1.54, 1.807) is 6.07 Å². The van der Waals surface area contributed by atoms with Crippen LogP contribution >= 0.6 is 0 Å². The fraction of sp³-hybridized carbons (Fsp3) is 0.0417. The Morgan fingerprint density at radius 1 is 0.741 bits per heavy atom. The SMILES string of the molecule is O=c1oc2ccccc2c2c1C(c1ccccc1)C=C(c1ccccc1)O2. The predicted molar refractivity (Wildman–Crippen MR) is 106 cm³/mol. The molecular formula is C24H16O3. The highest BCUT2D eigenvalue weighted by Gasteiger charge is 2.30. The molecule has 27 heavy (non-hydrogen) atoms. The van der Waals surface area contributed by atoms with Crippen LogP contribution in [0.3, 0.4) is 0 Å². The summed E-state index contributed by atoms with van der Waals surface area (Å²) < 4.78 is 11.9. The molecule has 3 heteroatoms. The smallest absolute Gasteiger partial charge is 0.344 e. The zero-order valence-corrected chi connectivity index (χ0v) is 14.5. The van der Waals surface area contributed by atoms with Crippen molar-refractivity contribution in [3.63, 3.8) is 0 Å². The Morgan fingerprint density at radius 3 is 2.19 bits per heavy atom. The second-order valence-corrected chi connectivity index (χ2v) is 6.52. The predicted octanol–water partition coefficient (Wildman–Crippen LogP) is 5.36. The normalized spacial score (nSPS) is 15.7. The van der Waals surface area contributed by atoms with Gasteiger partial charge in [0, 0.05) is 11.5 Å². The highest BCUT2D eigenvalue weighted by Crippen LogP contribution is 2.42. The van der Waals surface area contributed by atoms with Crippen LogP contribution < -0.4 is 10.4 Å². The van der Waals surface area contributed by atoms with Gasteiger partial charge in [0.05, 0.1) is 10.9 Å². The third-order valence-electron chi connectivity index (χ3n) is 4.86. The van der Waals surface area contributed by atoms with Crippen molar-refractivity contribution < 1.29 is 9.15 Å². The molecule has 0 aliphatic carbocycles. The van der Waals surface area contributed by atoms with Crippen molar-refractivity contribution in [2.75, 3.05) is 0 Å². The van der Waals surface area contributed by atoms with Gasteiger partial charge in [-0.05, 0) is 23.8 Å². The van der Waals surface area contributed by atoms with Crippen LogP contribution in [-0.2, 0) is 0 Å². The average Bonchev–Trinajstić information content (AvgIpc) is 2.74. The molecule has 1 aliphatic heterocycles. The van der Waals surface area contributed by atoms with E-state index in [9.17, 15) is 4.79 Å². The standard InChI is InChI=1S/C24H16O3/c25-24-22-19(16-9-3-1-4-10-16)15-21(17-11-5-2-6-12-17)26-23(22)18-13-7-8-14-20(18)27-24/h1-15,19H. The third-order valence-corrected chi connectivity index (χ3v) is 4.86. The van der Waals surface area contributed by atoms with Gasteiger partial charge >= 0.3 is 5.63 Å². The molecule has 130 valence electrons. The molecule has 0 fully saturated rings. The number of hydrogen-bond acceptors (Lipinski definition) is 3. The van der Waals surface area contributed by atoms with Crippen molar-refractivity contribution in [3.8, 4) is 5.75 Å². The van der Waals surface area contributed by atoms with Crippen LogP contribution in [0.2, 0.25) is 0 Å². The Bertz CT molecular complexity index is 1200. The lowest BCUT2D eigenvalue weighted by atomic mass is 9.88. The van der Waals surface area contributed by atoms with Crippen LogP contribution in [0.1, 0.15) is 22.6 Å². The highest BCUT2D eigenvalue weighted by molar-refractivity contribution is 5.87. The lowest BCUT2D eigenvalue weighted by Crippen LogP contribution is -2.19. The minimum absolute atomic E-state index is 0.231. The van der Waals surface area contributed by atoms with Crippen molar-refractivity contribution in [1.82, 2.24) is 0 Å². The van der Waals surface area contributed by atoms with Crippen LogP contribution in [0.15, 0.2) is 100 Å². The Kier molecular flexibility index (Phi) is 3.65. The summed E-state index contributed by atoms with van der Waals surface area (Å²) in [7, 11) is 0. The summed E-state index contributed by atoms with van der Waals surface area (Å²) >= 11 is 0. The van der Waals surface area contributed by atoms with Crippen molar-refractivity contribution in [2.45, 2.75) is 5.92 Å². The van der Waals surface area contributed by atoms with E-state index in [0.29, 0.717) is 16.9 Å². The van der Waals surface area contributed by atoms with Gasteiger partial charge in [0.1, 0.15) is 17.1 Å². The summed E-state index contributed by atoms with van der Waals surface area (Å²) in [5.74, 6) is 1.09. The number of allylic oxidation sites excluding steroid dienone is 1. The molecule has 1 aromatic heterocycles. The summed E-state index contributed by atoms with van der Waals surface area (Å²) in [5.41, 5.74) is 2.71. The Morgan fingerprint density at radius 2 is 1.41 bits per heavy atom. The van der Waals surface area contributed by atoms with E-state index in [1.807, 2.05) is 84.9 Å². The first-order valence-corrected chi connectivity index (χ1v) is 8.87. The molecule has 0 saturated heterocycles. The van der Waals surface area contributed by atoms with Gasteiger partial charge in [0.2, 0.25) is 0 Å². The highest BCUT2D eigenvalue weighted by atomic mass is 16.5. The average molecular weight is 352 g/mol. The lowest BCUT2D eigenvalue weighted by Gasteiger charge is -2.25. The maximum Gasteiger partial charge on any atom is 0.344 e. The molecule has 3 nitrogen and oxygen atoms in total. The molecule has 0 saturated carbocycles. The summed E-state index contributed by atoms with van der Waals surface area (Å²) in [6.45, 7) is 0. The van der Waals surface area contributed by atoms with E-state index in [1.165, 1.54) is 0 Å². The molecule has 3 aromatic carbocycles. The van der Waals surface area contributed by atoms with Crippen LogP contribution in [0.25, 0.3) is 16.7 Å². The first-order valence-electron chi connectivity index (χ1n) is 8.87. The van der Waals surface area contributed by atoms with E-state index in [4.69, 9.17) is 9.15 Å². The van der Waals surface area contributed by atoms with Gasteiger partial charge in [-0.25, -0.2) is 4.79 Å². The van der Waals surface area contributed by atoms with Gasteiger partial charge in [-0.3, -0.25) is 0 Å². The van der Waals surface area contributed by atoms with Gasteiger partial charge < -0.3 is 9.15 Å². The topological polar surface area (TPSA) is 39.4 Å². The molecule has 0 amide bonds. The second kappa shape index (κ2) is 6.29. The molecule has 5 rings (SSSR count). The zero-order chi connectivity index (χ0) is 18.2. The zero-order valence-electron chi connectivity index (χ0n) is 14.5. The first-order chi connectivity index (χ1) is 13.3. The molecule has 0 bridgehead atoms. The molecule has 1 aliphatic rings. The van der Waals surface area contributed by atoms with Crippen molar-refractivity contribution in [2.24, 2.45) is 0 Å². The van der Waals surface area contributed by atoms with Gasteiger partial charge in [-0.2, -0.15) is 0 Å². The van der Waals surface area contributed by atoms with E-state index < -0.39 is 0 Å². The molecule has 1 atom stereocenters. The molecule has 0 N–H and O–H groups in total. The molecule has 1 unspecified atom stereocenters. The Balaban J connectivity index is 1.81. The van der Waals surface area contributed by atoms with Gasteiger partial charge in [-0.15, -0.1) is 0 Å². The van der Waals surface area contributed by atoms with Crippen molar-refractivity contribution in [3.05, 3.63) is 118 Å². The summed E-state index contributed by atoms with van der Waals surface area (Å²) in [6, 6.07) is 27.4. The molecule has 0 spiro atoms. The summed E-state index contributed by atoms with van der Waals surface area (Å²) in [4.78, 5) is 12.8. The maximum absolute atomic E-state index is 12.8. The molecular weight excluding hydrogens is 336 g/mol. The van der Waals surface area contributed by atoms with E-state index in [2.05, 4.69) is 0 Å². The first kappa shape index (κ1) is 15.6. The van der Waals surface area contributed by atoms with Crippen LogP contribution in [0.4, 0.5) is 0 Å². The Hall–Kier alpha value is -3.59. The molecule has 2 heterocycles. The monoisotopic (exact) mass is 352 g/mol. The third kappa shape index (κ3) is 2.64. The van der Waals surface area contributed by atoms with Gasteiger partial charge in [0.25, 0.3) is 0 Å². The molecule has 4 aromatic rings. The summed E-state index contributed by atoms with van der Waals surface area (Å²) in [5, 5.41) is 0.801. The van der Waals surface area contributed by atoms with Crippen molar-refractivity contribution >= 4 is 16.7 Å². The lowest BCUT2D eigenvalue weighted by molar-refractivity contribution is 0.472. The van der Waals surface area contributed by atoms with E-state index >= 15 is 0 Å². The number of hydrogen-bond donors (Lipinski definition) is 0. The Labute approximate surface area is 156 Å². The number of fused-ring (bicyclic) bond motifs is 3. The van der Waals surface area contributed by atoms with Crippen molar-refractivity contribution in [1.29, 1.82) is 0 Å². The van der Waals surface area contributed by atoms with E-state index in [-0.39, 0.29) is 11.5 Å². The minimum Gasteiger partial charge on any atom is -0.456 e. The largest absolute Gasteiger partial charge is 0.456 e. The van der Waals surface area contributed by atoms with Gasteiger partial charge in [0.15, 0.2) is 0 Å². The quantitative estimate of drug-likeness (QED) is 0.456.